The predicted octanol–water partition coefficient (Wildman–Crippen LogP) is -2.93. The second-order valence-corrected chi connectivity index (χ2v) is 3.93. The maximum Gasteiger partial charge on any atom is 1.00 e. The average Bonchev–Trinajstić information content (AvgIpc) is 1.86. The van der Waals surface area contributed by atoms with E-state index in [9.17, 15) is 8.42 Å². The molecule has 0 saturated carbocycles. The Morgan fingerprint density at radius 1 is 1.67 bits per heavy atom. The maximum atomic E-state index is 10.8. The quantitative estimate of drug-likeness (QED) is 0.310. The molecule has 0 amide bonds. The summed E-state index contributed by atoms with van der Waals surface area (Å²) in [4.78, 5) is 0. The van der Waals surface area contributed by atoms with Crippen LogP contribution in [0.5, 0.6) is 0 Å². The number of rotatable bonds is 5. The van der Waals surface area contributed by atoms with E-state index in [1.165, 1.54) is 0 Å². The first-order valence-electron chi connectivity index (χ1n) is 3.13. The SMILES string of the molecule is CCOS(=O)(=O)CC(O)CCl.[H-].[Na+]. The van der Waals surface area contributed by atoms with Gasteiger partial charge in [0.1, 0.15) is 5.75 Å². The Morgan fingerprint density at radius 3 is 2.50 bits per heavy atom. The zero-order chi connectivity index (χ0) is 8.91. The van der Waals surface area contributed by atoms with E-state index < -0.39 is 22.0 Å². The van der Waals surface area contributed by atoms with Crippen LogP contribution in [-0.4, -0.2) is 37.9 Å². The Hall–Kier alpha value is 1.16. The van der Waals surface area contributed by atoms with Crippen molar-refractivity contribution in [3.8, 4) is 0 Å². The molecule has 0 spiro atoms. The molecule has 0 aromatic heterocycles. The van der Waals surface area contributed by atoms with Crippen LogP contribution >= 0.6 is 11.6 Å². The molecule has 0 aliphatic heterocycles. The van der Waals surface area contributed by atoms with Crippen molar-refractivity contribution in [1.29, 1.82) is 0 Å². The van der Waals surface area contributed by atoms with Crippen LogP contribution in [0.15, 0.2) is 0 Å². The van der Waals surface area contributed by atoms with E-state index in [-0.39, 0.29) is 43.5 Å². The molecule has 0 fully saturated rings. The summed E-state index contributed by atoms with van der Waals surface area (Å²) in [7, 11) is -3.58. The number of aliphatic hydroxyl groups is 1. The summed E-state index contributed by atoms with van der Waals surface area (Å²) in [5, 5.41) is 8.83. The minimum atomic E-state index is -3.58. The van der Waals surface area contributed by atoms with Gasteiger partial charge in [0.25, 0.3) is 10.1 Å². The molecule has 0 radical (unpaired) electrons. The number of aliphatic hydroxyl groups excluding tert-OH is 1. The molecule has 0 aromatic carbocycles. The van der Waals surface area contributed by atoms with Crippen molar-refractivity contribution in [2.45, 2.75) is 13.0 Å². The fraction of sp³-hybridized carbons (Fsp3) is 1.00. The van der Waals surface area contributed by atoms with Crippen molar-refractivity contribution >= 4 is 21.7 Å². The number of alkyl halides is 1. The molecular formula is C5H12ClNaO4S. The Kier molecular flexibility index (Phi) is 9.83. The van der Waals surface area contributed by atoms with Crippen LogP contribution in [0.2, 0.25) is 0 Å². The maximum absolute atomic E-state index is 10.8. The summed E-state index contributed by atoms with van der Waals surface area (Å²) >= 11 is 5.19. The van der Waals surface area contributed by atoms with E-state index in [1.54, 1.807) is 6.92 Å². The molecule has 1 atom stereocenters. The van der Waals surface area contributed by atoms with E-state index in [4.69, 9.17) is 16.7 Å². The molecule has 0 heterocycles. The molecular weight excluding hydrogens is 215 g/mol. The Bertz CT molecular complexity index is 199. The van der Waals surface area contributed by atoms with Gasteiger partial charge in [-0.2, -0.15) is 8.42 Å². The van der Waals surface area contributed by atoms with Gasteiger partial charge in [0, 0.05) is 5.88 Å². The van der Waals surface area contributed by atoms with Crippen molar-refractivity contribution in [1.82, 2.24) is 0 Å². The van der Waals surface area contributed by atoms with Crippen LogP contribution in [0.3, 0.4) is 0 Å². The van der Waals surface area contributed by atoms with E-state index in [0.29, 0.717) is 0 Å². The first kappa shape index (κ1) is 15.6. The van der Waals surface area contributed by atoms with Crippen LogP contribution < -0.4 is 29.6 Å². The van der Waals surface area contributed by atoms with Gasteiger partial charge in [-0.05, 0) is 6.92 Å². The van der Waals surface area contributed by atoms with Crippen molar-refractivity contribution in [3.63, 3.8) is 0 Å². The average molecular weight is 227 g/mol. The third-order valence-electron chi connectivity index (χ3n) is 0.872. The molecule has 1 N–H and O–H groups in total. The zero-order valence-corrected chi connectivity index (χ0v) is 10.7. The third kappa shape index (κ3) is 7.79. The van der Waals surface area contributed by atoms with Gasteiger partial charge in [-0.25, -0.2) is 0 Å². The summed E-state index contributed by atoms with van der Waals surface area (Å²) in [5.74, 6) is -0.545. The molecule has 4 nitrogen and oxygen atoms in total. The van der Waals surface area contributed by atoms with Gasteiger partial charge in [-0.15, -0.1) is 11.6 Å². The van der Waals surface area contributed by atoms with Gasteiger partial charge in [-0.3, -0.25) is 4.18 Å². The van der Waals surface area contributed by atoms with Crippen LogP contribution in [0, 0.1) is 0 Å². The molecule has 0 aromatic rings. The van der Waals surface area contributed by atoms with Gasteiger partial charge >= 0.3 is 29.6 Å². The van der Waals surface area contributed by atoms with Crippen molar-refractivity contribution in [2.75, 3.05) is 18.2 Å². The largest absolute Gasteiger partial charge is 1.00 e. The number of halogens is 1. The van der Waals surface area contributed by atoms with E-state index in [2.05, 4.69) is 4.18 Å². The van der Waals surface area contributed by atoms with Crippen LogP contribution in [0.1, 0.15) is 8.35 Å². The fourth-order valence-corrected chi connectivity index (χ4v) is 1.79. The van der Waals surface area contributed by atoms with E-state index in [1.807, 2.05) is 0 Å². The molecule has 1 unspecified atom stereocenters. The molecule has 70 valence electrons. The van der Waals surface area contributed by atoms with Crippen LogP contribution in [-0.2, 0) is 14.3 Å². The molecule has 7 heteroatoms. The molecule has 0 aliphatic carbocycles. The second-order valence-electron chi connectivity index (χ2n) is 1.94. The van der Waals surface area contributed by atoms with Crippen molar-refractivity contribution in [2.24, 2.45) is 0 Å². The van der Waals surface area contributed by atoms with Crippen molar-refractivity contribution in [3.05, 3.63) is 0 Å². The topological polar surface area (TPSA) is 63.6 Å². The Balaban J connectivity index is -0.000000500. The molecule has 0 rings (SSSR count). The number of hydrogen-bond acceptors (Lipinski definition) is 4. The van der Waals surface area contributed by atoms with Gasteiger partial charge in [0.05, 0.1) is 12.7 Å². The molecule has 0 aliphatic rings. The first-order chi connectivity index (χ1) is 5.02. The van der Waals surface area contributed by atoms with E-state index >= 15 is 0 Å². The first-order valence-corrected chi connectivity index (χ1v) is 5.24. The van der Waals surface area contributed by atoms with Gasteiger partial charge in [0.15, 0.2) is 0 Å². The molecule has 0 saturated heterocycles. The van der Waals surface area contributed by atoms with Gasteiger partial charge in [-0.1, -0.05) is 0 Å². The Labute approximate surface area is 101 Å². The minimum absolute atomic E-state index is 0. The second kappa shape index (κ2) is 7.55. The molecule has 12 heavy (non-hydrogen) atoms. The predicted molar refractivity (Wildman–Crippen MR) is 43.3 cm³/mol. The third-order valence-corrected chi connectivity index (χ3v) is 2.62. The zero-order valence-electron chi connectivity index (χ0n) is 8.16. The summed E-state index contributed by atoms with van der Waals surface area (Å²) in [6, 6.07) is 0. The summed E-state index contributed by atoms with van der Waals surface area (Å²) in [6.45, 7) is 1.64. The van der Waals surface area contributed by atoms with Gasteiger partial charge < -0.3 is 6.53 Å². The summed E-state index contributed by atoms with van der Waals surface area (Å²) in [6.07, 6.45) is -1.05. The van der Waals surface area contributed by atoms with Gasteiger partial charge in [0.2, 0.25) is 0 Å². The van der Waals surface area contributed by atoms with Crippen LogP contribution in [0.4, 0.5) is 0 Å². The molecule has 0 bridgehead atoms. The monoisotopic (exact) mass is 226 g/mol. The fourth-order valence-electron chi connectivity index (χ4n) is 0.508. The van der Waals surface area contributed by atoms with E-state index in [0.717, 1.165) is 0 Å². The Morgan fingerprint density at radius 2 is 2.17 bits per heavy atom. The normalized spacial score (nSPS) is 13.6. The summed E-state index contributed by atoms with van der Waals surface area (Å²) in [5.41, 5.74) is 0. The smallest absolute Gasteiger partial charge is 1.00 e. The standard InChI is InChI=1S/C5H11ClO4S.Na.H/c1-2-10-11(8,9)4-5(7)3-6;;/h5,7H,2-4H2,1H3;;/q;+1;-1. The number of hydrogen-bond donors (Lipinski definition) is 1. The van der Waals surface area contributed by atoms with Crippen molar-refractivity contribution < 1.29 is 48.7 Å². The van der Waals surface area contributed by atoms with Crippen LogP contribution in [0.25, 0.3) is 0 Å². The minimum Gasteiger partial charge on any atom is -1.00 e. The summed E-state index contributed by atoms with van der Waals surface area (Å²) < 4.78 is 25.9.